The van der Waals surface area contributed by atoms with E-state index in [4.69, 9.17) is 9.47 Å². The van der Waals surface area contributed by atoms with E-state index in [9.17, 15) is 0 Å². The number of ether oxygens (including phenoxy) is 2. The van der Waals surface area contributed by atoms with E-state index in [1.165, 1.54) is 37.7 Å². The van der Waals surface area contributed by atoms with Gasteiger partial charge in [0.2, 0.25) is 0 Å². The van der Waals surface area contributed by atoms with E-state index in [2.05, 4.69) is 23.5 Å². The molecule has 3 nitrogen and oxygen atoms in total. The summed E-state index contributed by atoms with van der Waals surface area (Å²) in [6.45, 7) is 4.56. The van der Waals surface area contributed by atoms with Crippen molar-refractivity contribution in [3.8, 4) is 11.5 Å². The molecule has 2 rings (SSSR count). The lowest BCUT2D eigenvalue weighted by molar-refractivity contribution is 0.310. The molecule has 0 amide bonds. The van der Waals surface area contributed by atoms with E-state index in [0.717, 1.165) is 24.6 Å². The molecule has 0 fully saturated rings. The summed E-state index contributed by atoms with van der Waals surface area (Å²) < 4.78 is 10.9. The zero-order chi connectivity index (χ0) is 14.9. The molecule has 1 N–H and O–H groups in total. The minimum atomic E-state index is 0.654. The van der Waals surface area contributed by atoms with Crippen LogP contribution < -0.4 is 14.8 Å². The third-order valence-electron chi connectivity index (χ3n) is 3.86. The Morgan fingerprint density at radius 1 is 1.19 bits per heavy atom. The Kier molecular flexibility index (Phi) is 6.61. The quantitative estimate of drug-likeness (QED) is 0.578. The van der Waals surface area contributed by atoms with Gasteiger partial charge in [-0.2, -0.15) is 0 Å². The van der Waals surface area contributed by atoms with E-state index in [-0.39, 0.29) is 0 Å². The van der Waals surface area contributed by atoms with Crippen LogP contribution in [0.1, 0.15) is 44.6 Å². The van der Waals surface area contributed by atoms with E-state index < -0.39 is 0 Å². The van der Waals surface area contributed by atoms with Gasteiger partial charge in [-0.05, 0) is 63.3 Å². The van der Waals surface area contributed by atoms with Gasteiger partial charge in [0.25, 0.3) is 0 Å². The maximum atomic E-state index is 5.61. The summed E-state index contributed by atoms with van der Waals surface area (Å²) in [5.74, 6) is 1.63. The molecule has 1 aliphatic rings. The second-order valence-corrected chi connectivity index (χ2v) is 5.45. The highest BCUT2D eigenvalue weighted by Crippen LogP contribution is 2.28. The van der Waals surface area contributed by atoms with Gasteiger partial charge in [-0.25, -0.2) is 0 Å². The van der Waals surface area contributed by atoms with Crippen molar-refractivity contribution in [2.24, 2.45) is 0 Å². The summed E-state index contributed by atoms with van der Waals surface area (Å²) in [5, 5.41) is 3.52. The lowest BCUT2D eigenvalue weighted by atomic mass is 9.97. The predicted molar refractivity (Wildman–Crippen MR) is 87.0 cm³/mol. The molecule has 0 heterocycles. The second kappa shape index (κ2) is 8.73. The summed E-state index contributed by atoms with van der Waals surface area (Å²) in [4.78, 5) is 0. The van der Waals surface area contributed by atoms with Gasteiger partial charge in [-0.15, -0.1) is 0 Å². The minimum absolute atomic E-state index is 0.654. The first-order valence-electron chi connectivity index (χ1n) is 8.02. The van der Waals surface area contributed by atoms with Gasteiger partial charge in [0.05, 0.1) is 13.7 Å². The number of hydrogen-bond donors (Lipinski definition) is 1. The molecule has 0 radical (unpaired) electrons. The van der Waals surface area contributed by atoms with Crippen molar-refractivity contribution in [2.75, 3.05) is 20.3 Å². The first kappa shape index (κ1) is 15.9. The Morgan fingerprint density at radius 2 is 2.10 bits per heavy atom. The Morgan fingerprint density at radius 3 is 2.81 bits per heavy atom. The molecule has 0 saturated heterocycles. The lowest BCUT2D eigenvalue weighted by Crippen LogP contribution is -2.15. The average molecular weight is 289 g/mol. The highest BCUT2D eigenvalue weighted by atomic mass is 16.5. The van der Waals surface area contributed by atoms with Gasteiger partial charge in [-0.3, -0.25) is 0 Å². The summed E-state index contributed by atoms with van der Waals surface area (Å²) in [5.41, 5.74) is 2.86. The first-order valence-corrected chi connectivity index (χ1v) is 8.02. The number of benzene rings is 1. The van der Waals surface area contributed by atoms with Crippen LogP contribution in [0.25, 0.3) is 0 Å². The van der Waals surface area contributed by atoms with Crippen molar-refractivity contribution < 1.29 is 9.47 Å². The molecule has 1 aromatic rings. The summed E-state index contributed by atoms with van der Waals surface area (Å²) in [6.07, 6.45) is 8.88. The molecule has 21 heavy (non-hydrogen) atoms. The summed E-state index contributed by atoms with van der Waals surface area (Å²) in [6, 6.07) is 6.13. The maximum absolute atomic E-state index is 5.61. The Bertz CT molecular complexity index is 468. The number of allylic oxidation sites excluding steroid dienone is 1. The van der Waals surface area contributed by atoms with Gasteiger partial charge in [0.15, 0.2) is 11.5 Å². The van der Waals surface area contributed by atoms with Crippen LogP contribution in [0.2, 0.25) is 0 Å². The van der Waals surface area contributed by atoms with Gasteiger partial charge < -0.3 is 14.8 Å². The van der Waals surface area contributed by atoms with Crippen LogP contribution in [0, 0.1) is 0 Å². The van der Waals surface area contributed by atoms with Gasteiger partial charge >= 0.3 is 0 Å². The van der Waals surface area contributed by atoms with E-state index in [1.54, 1.807) is 12.7 Å². The van der Waals surface area contributed by atoms with Crippen molar-refractivity contribution >= 4 is 0 Å². The molecule has 1 aromatic carbocycles. The van der Waals surface area contributed by atoms with Crippen LogP contribution in [-0.4, -0.2) is 20.3 Å². The fraction of sp³-hybridized carbons (Fsp3) is 0.556. The number of nitrogens with one attached hydrogen (secondary N) is 1. The van der Waals surface area contributed by atoms with Crippen LogP contribution >= 0.6 is 0 Å². The van der Waals surface area contributed by atoms with Crippen LogP contribution in [0.4, 0.5) is 0 Å². The van der Waals surface area contributed by atoms with Crippen molar-refractivity contribution in [2.45, 2.75) is 45.6 Å². The monoisotopic (exact) mass is 289 g/mol. The molecule has 0 aromatic heterocycles. The lowest BCUT2D eigenvalue weighted by Gasteiger charge is -2.14. The predicted octanol–water partition coefficient (Wildman–Crippen LogP) is 4.07. The standard InChI is InChI=1S/C18H27NO2/c1-3-21-18-13-16(9-10-17(18)20-2)14-19-12-11-15-7-5-4-6-8-15/h7,9-10,13,19H,3-6,8,11-12,14H2,1-2H3. The molecule has 0 bridgehead atoms. The van der Waals surface area contributed by atoms with Gasteiger partial charge in [0.1, 0.15) is 0 Å². The zero-order valence-electron chi connectivity index (χ0n) is 13.3. The second-order valence-electron chi connectivity index (χ2n) is 5.45. The molecular formula is C18H27NO2. The Hall–Kier alpha value is -1.48. The Labute approximate surface area is 128 Å². The largest absolute Gasteiger partial charge is 0.493 e. The summed E-state index contributed by atoms with van der Waals surface area (Å²) >= 11 is 0. The average Bonchev–Trinajstić information content (AvgIpc) is 2.53. The third-order valence-corrected chi connectivity index (χ3v) is 3.86. The van der Waals surface area contributed by atoms with Crippen molar-refractivity contribution in [3.63, 3.8) is 0 Å². The highest BCUT2D eigenvalue weighted by molar-refractivity contribution is 5.42. The minimum Gasteiger partial charge on any atom is -0.493 e. The maximum Gasteiger partial charge on any atom is 0.161 e. The Balaban J connectivity index is 1.79. The van der Waals surface area contributed by atoms with Gasteiger partial charge in [-0.1, -0.05) is 17.7 Å². The molecule has 1 aliphatic carbocycles. The molecule has 0 unspecified atom stereocenters. The van der Waals surface area contributed by atoms with Crippen LogP contribution in [0.15, 0.2) is 29.8 Å². The van der Waals surface area contributed by atoms with Gasteiger partial charge in [0, 0.05) is 6.54 Å². The molecule has 3 heteroatoms. The summed E-state index contributed by atoms with van der Waals surface area (Å²) in [7, 11) is 1.67. The fourth-order valence-corrected chi connectivity index (χ4v) is 2.71. The topological polar surface area (TPSA) is 30.5 Å². The molecule has 0 saturated carbocycles. The third kappa shape index (κ3) is 5.09. The first-order chi connectivity index (χ1) is 10.3. The van der Waals surface area contributed by atoms with E-state index in [1.807, 2.05) is 13.0 Å². The number of hydrogen-bond acceptors (Lipinski definition) is 3. The van der Waals surface area contributed by atoms with Crippen LogP contribution in [-0.2, 0) is 6.54 Å². The molecule has 0 spiro atoms. The molecule has 116 valence electrons. The fourth-order valence-electron chi connectivity index (χ4n) is 2.71. The highest BCUT2D eigenvalue weighted by Gasteiger charge is 2.06. The van der Waals surface area contributed by atoms with E-state index >= 15 is 0 Å². The SMILES string of the molecule is CCOc1cc(CNCCC2=CCCCC2)ccc1OC. The normalized spacial score (nSPS) is 14.7. The zero-order valence-corrected chi connectivity index (χ0v) is 13.3. The van der Waals surface area contributed by atoms with Crippen LogP contribution in [0.5, 0.6) is 11.5 Å². The van der Waals surface area contributed by atoms with Crippen LogP contribution in [0.3, 0.4) is 0 Å². The smallest absolute Gasteiger partial charge is 0.161 e. The molecular weight excluding hydrogens is 262 g/mol. The van der Waals surface area contributed by atoms with Crippen molar-refractivity contribution in [3.05, 3.63) is 35.4 Å². The molecule has 0 atom stereocenters. The van der Waals surface area contributed by atoms with E-state index in [0.29, 0.717) is 6.61 Å². The molecule has 0 aliphatic heterocycles. The van der Waals surface area contributed by atoms with Crippen molar-refractivity contribution in [1.82, 2.24) is 5.32 Å². The number of rotatable bonds is 8. The number of methoxy groups -OCH3 is 1. The van der Waals surface area contributed by atoms with Crippen molar-refractivity contribution in [1.29, 1.82) is 0 Å².